The SMILES string of the molecule is CCCNc1nc(Sc2nnc(C)s2)c2ccccc2n1. The molecular weight excluding hydrogens is 302 g/mol. The first-order valence-electron chi connectivity index (χ1n) is 6.75. The first-order chi connectivity index (χ1) is 10.3. The Balaban J connectivity index is 2.01. The molecule has 0 amide bonds. The Kier molecular flexibility index (Phi) is 4.31. The quantitative estimate of drug-likeness (QED) is 0.723. The van der Waals surface area contributed by atoms with E-state index in [9.17, 15) is 0 Å². The molecule has 3 rings (SSSR count). The van der Waals surface area contributed by atoms with Gasteiger partial charge in [0.05, 0.1) is 5.52 Å². The summed E-state index contributed by atoms with van der Waals surface area (Å²) in [5.74, 6) is 0.666. The van der Waals surface area contributed by atoms with Crippen LogP contribution in [0.2, 0.25) is 0 Å². The molecule has 1 N–H and O–H groups in total. The number of para-hydroxylation sites is 1. The van der Waals surface area contributed by atoms with E-state index in [0.717, 1.165) is 38.2 Å². The van der Waals surface area contributed by atoms with Crippen LogP contribution in [0.5, 0.6) is 0 Å². The fraction of sp³-hybridized carbons (Fsp3) is 0.286. The number of aryl methyl sites for hydroxylation is 1. The van der Waals surface area contributed by atoms with E-state index in [4.69, 9.17) is 0 Å². The van der Waals surface area contributed by atoms with E-state index in [2.05, 4.69) is 32.4 Å². The highest BCUT2D eigenvalue weighted by atomic mass is 32.2. The third-order valence-corrected chi connectivity index (χ3v) is 4.69. The molecule has 0 unspecified atom stereocenters. The summed E-state index contributed by atoms with van der Waals surface area (Å²) >= 11 is 3.11. The summed E-state index contributed by atoms with van der Waals surface area (Å²) in [6.45, 7) is 4.93. The van der Waals surface area contributed by atoms with Crippen LogP contribution in [0.3, 0.4) is 0 Å². The molecule has 5 nitrogen and oxygen atoms in total. The fourth-order valence-electron chi connectivity index (χ4n) is 1.84. The molecule has 0 bridgehead atoms. The lowest BCUT2D eigenvalue weighted by Gasteiger charge is -2.08. The standard InChI is InChI=1S/C14H15N5S2/c1-3-8-15-13-16-11-7-5-4-6-10(11)12(17-13)21-14-19-18-9(2)20-14/h4-7H,3,8H2,1-2H3,(H,15,16,17). The lowest BCUT2D eigenvalue weighted by molar-refractivity contribution is 0.944. The van der Waals surface area contributed by atoms with Crippen LogP contribution in [0, 0.1) is 6.92 Å². The van der Waals surface area contributed by atoms with Crippen LogP contribution in [0.15, 0.2) is 33.6 Å². The van der Waals surface area contributed by atoms with Crippen LogP contribution >= 0.6 is 23.1 Å². The van der Waals surface area contributed by atoms with Crippen molar-refractivity contribution >= 4 is 39.9 Å². The molecule has 1 aromatic carbocycles. The Hall–Kier alpha value is -1.73. The molecule has 3 aromatic rings. The average molecular weight is 317 g/mol. The predicted octanol–water partition coefficient (Wildman–Crippen LogP) is 3.76. The van der Waals surface area contributed by atoms with Gasteiger partial charge in [-0.3, -0.25) is 0 Å². The molecule has 0 aliphatic carbocycles. The largest absolute Gasteiger partial charge is 0.354 e. The predicted molar refractivity (Wildman–Crippen MR) is 87.1 cm³/mol. The molecule has 21 heavy (non-hydrogen) atoms. The van der Waals surface area contributed by atoms with E-state index < -0.39 is 0 Å². The third kappa shape index (κ3) is 3.30. The normalized spacial score (nSPS) is 11.0. The summed E-state index contributed by atoms with van der Waals surface area (Å²) in [7, 11) is 0. The molecule has 0 spiro atoms. The molecule has 0 radical (unpaired) electrons. The number of aromatic nitrogens is 4. The monoisotopic (exact) mass is 317 g/mol. The van der Waals surface area contributed by atoms with Gasteiger partial charge in [-0.2, -0.15) is 0 Å². The van der Waals surface area contributed by atoms with Gasteiger partial charge in [0.1, 0.15) is 10.0 Å². The van der Waals surface area contributed by atoms with Crippen LogP contribution in [-0.4, -0.2) is 26.7 Å². The molecule has 0 atom stereocenters. The highest BCUT2D eigenvalue weighted by Gasteiger charge is 2.11. The number of benzene rings is 1. The fourth-order valence-corrected chi connectivity index (χ4v) is 3.69. The lowest BCUT2D eigenvalue weighted by Crippen LogP contribution is -2.05. The minimum Gasteiger partial charge on any atom is -0.354 e. The van der Waals surface area contributed by atoms with Crippen LogP contribution < -0.4 is 5.32 Å². The maximum atomic E-state index is 4.62. The molecule has 0 saturated carbocycles. The highest BCUT2D eigenvalue weighted by molar-refractivity contribution is 8.01. The van der Waals surface area contributed by atoms with Crippen LogP contribution in [0.1, 0.15) is 18.4 Å². The molecule has 2 heterocycles. The first-order valence-corrected chi connectivity index (χ1v) is 8.38. The number of nitrogens with zero attached hydrogens (tertiary/aromatic N) is 4. The Morgan fingerprint density at radius 2 is 2.05 bits per heavy atom. The van der Waals surface area contributed by atoms with E-state index in [-0.39, 0.29) is 0 Å². The van der Waals surface area contributed by atoms with E-state index in [1.54, 1.807) is 11.3 Å². The van der Waals surface area contributed by atoms with Crippen molar-refractivity contribution < 1.29 is 0 Å². The van der Waals surface area contributed by atoms with Gasteiger partial charge in [-0.05, 0) is 31.2 Å². The van der Waals surface area contributed by atoms with Gasteiger partial charge < -0.3 is 5.32 Å². The highest BCUT2D eigenvalue weighted by Crippen LogP contribution is 2.33. The number of rotatable bonds is 5. The summed E-state index contributed by atoms with van der Waals surface area (Å²) in [5.41, 5.74) is 0.940. The molecule has 108 valence electrons. The molecule has 2 aromatic heterocycles. The van der Waals surface area contributed by atoms with Gasteiger partial charge >= 0.3 is 0 Å². The van der Waals surface area contributed by atoms with Gasteiger partial charge in [-0.25, -0.2) is 9.97 Å². The van der Waals surface area contributed by atoms with E-state index in [0.29, 0.717) is 5.95 Å². The average Bonchev–Trinajstić information content (AvgIpc) is 2.90. The van der Waals surface area contributed by atoms with Gasteiger partial charge in [0.2, 0.25) is 5.95 Å². The van der Waals surface area contributed by atoms with Crippen molar-refractivity contribution in [2.75, 3.05) is 11.9 Å². The minimum absolute atomic E-state index is 0.666. The zero-order chi connectivity index (χ0) is 14.7. The van der Waals surface area contributed by atoms with Gasteiger partial charge in [0.15, 0.2) is 4.34 Å². The molecule has 0 fully saturated rings. The van der Waals surface area contributed by atoms with Crippen LogP contribution in [0.4, 0.5) is 5.95 Å². The lowest BCUT2D eigenvalue weighted by atomic mass is 10.2. The number of fused-ring (bicyclic) bond motifs is 1. The third-order valence-electron chi connectivity index (χ3n) is 2.79. The second kappa shape index (κ2) is 6.36. The Morgan fingerprint density at radius 1 is 1.19 bits per heavy atom. The van der Waals surface area contributed by atoms with Crippen molar-refractivity contribution in [2.24, 2.45) is 0 Å². The second-order valence-corrected chi connectivity index (χ2v) is 6.90. The molecule has 0 saturated heterocycles. The topological polar surface area (TPSA) is 63.6 Å². The summed E-state index contributed by atoms with van der Waals surface area (Å²) in [6, 6.07) is 8.03. The molecular formula is C14H15N5S2. The van der Waals surface area contributed by atoms with Crippen LogP contribution in [0.25, 0.3) is 10.9 Å². The maximum Gasteiger partial charge on any atom is 0.224 e. The van der Waals surface area contributed by atoms with Crippen molar-refractivity contribution in [3.05, 3.63) is 29.3 Å². The number of hydrogen-bond acceptors (Lipinski definition) is 7. The summed E-state index contributed by atoms with van der Waals surface area (Å²) < 4.78 is 0.901. The zero-order valence-electron chi connectivity index (χ0n) is 11.8. The second-order valence-electron chi connectivity index (χ2n) is 4.49. The number of nitrogens with one attached hydrogen (secondary N) is 1. The summed E-state index contributed by atoms with van der Waals surface area (Å²) in [6.07, 6.45) is 1.04. The van der Waals surface area contributed by atoms with Gasteiger partial charge in [0, 0.05) is 11.9 Å². The molecule has 7 heteroatoms. The Bertz CT molecular complexity index is 756. The molecule has 0 aliphatic rings. The maximum absolute atomic E-state index is 4.62. The van der Waals surface area contributed by atoms with Crippen molar-refractivity contribution in [3.63, 3.8) is 0 Å². The zero-order valence-corrected chi connectivity index (χ0v) is 13.5. The number of hydrogen-bond donors (Lipinski definition) is 1. The van der Waals surface area contributed by atoms with Crippen molar-refractivity contribution in [3.8, 4) is 0 Å². The van der Waals surface area contributed by atoms with Gasteiger partial charge in [0.25, 0.3) is 0 Å². The summed E-state index contributed by atoms with van der Waals surface area (Å²) in [5, 5.41) is 14.4. The smallest absolute Gasteiger partial charge is 0.224 e. The Morgan fingerprint density at radius 3 is 2.81 bits per heavy atom. The van der Waals surface area contributed by atoms with Crippen LogP contribution in [-0.2, 0) is 0 Å². The van der Waals surface area contributed by atoms with Crippen molar-refractivity contribution in [1.82, 2.24) is 20.2 Å². The number of anilines is 1. The van der Waals surface area contributed by atoms with Gasteiger partial charge in [-0.1, -0.05) is 36.5 Å². The van der Waals surface area contributed by atoms with E-state index in [1.807, 2.05) is 31.2 Å². The van der Waals surface area contributed by atoms with E-state index in [1.165, 1.54) is 11.8 Å². The minimum atomic E-state index is 0.666. The van der Waals surface area contributed by atoms with Crippen molar-refractivity contribution in [2.45, 2.75) is 29.6 Å². The summed E-state index contributed by atoms with van der Waals surface area (Å²) in [4.78, 5) is 9.17. The van der Waals surface area contributed by atoms with Crippen molar-refractivity contribution in [1.29, 1.82) is 0 Å². The van der Waals surface area contributed by atoms with E-state index >= 15 is 0 Å². The molecule has 0 aliphatic heterocycles. The first kappa shape index (κ1) is 14.2. The Labute approximate surface area is 131 Å². The van der Waals surface area contributed by atoms with Gasteiger partial charge in [-0.15, -0.1) is 10.2 Å².